The Bertz CT molecular complexity index is 711. The zero-order chi connectivity index (χ0) is 14.9. The number of carbonyl (C=O) groups is 1. The molecule has 0 aromatic carbocycles. The van der Waals surface area contributed by atoms with Gasteiger partial charge in [-0.1, -0.05) is 0 Å². The lowest BCUT2D eigenvalue weighted by atomic mass is 10.2. The van der Waals surface area contributed by atoms with Gasteiger partial charge in [0.2, 0.25) is 11.5 Å². The molecule has 0 spiro atoms. The molecule has 0 atom stereocenters. The van der Waals surface area contributed by atoms with Gasteiger partial charge in [-0.3, -0.25) is 24.3 Å². The Hall–Kier alpha value is -2.77. The van der Waals surface area contributed by atoms with Crippen LogP contribution in [0.15, 0.2) is 18.5 Å². The van der Waals surface area contributed by atoms with Crippen LogP contribution in [-0.2, 0) is 14.1 Å². The van der Waals surface area contributed by atoms with Crippen molar-refractivity contribution in [2.45, 2.75) is 6.92 Å². The molecule has 0 unspecified atom stereocenters. The predicted molar refractivity (Wildman–Crippen MR) is 71.2 cm³/mol. The first kappa shape index (κ1) is 13.7. The molecule has 0 bridgehead atoms. The van der Waals surface area contributed by atoms with Crippen LogP contribution in [-0.4, -0.2) is 30.3 Å². The molecule has 20 heavy (non-hydrogen) atoms. The summed E-state index contributed by atoms with van der Waals surface area (Å²) in [6.07, 6.45) is 5.66. The van der Waals surface area contributed by atoms with E-state index in [1.165, 1.54) is 24.0 Å². The molecular weight excluding hydrogens is 262 g/mol. The molecule has 0 saturated heterocycles. The zero-order valence-electron chi connectivity index (χ0n) is 11.3. The molecule has 0 radical (unpaired) electrons. The largest absolute Gasteiger partial charge is 0.318 e. The number of hydrogen-bond donors (Lipinski definition) is 0. The Balaban J connectivity index is 2.29. The summed E-state index contributed by atoms with van der Waals surface area (Å²) in [5.41, 5.74) is 1.20. The maximum Gasteiger partial charge on any atom is 0.318 e. The molecule has 0 aliphatic heterocycles. The van der Waals surface area contributed by atoms with E-state index in [9.17, 15) is 14.9 Å². The van der Waals surface area contributed by atoms with Gasteiger partial charge in [-0.05, 0) is 19.1 Å². The van der Waals surface area contributed by atoms with E-state index in [0.29, 0.717) is 0 Å². The molecule has 0 aliphatic carbocycles. The lowest BCUT2D eigenvalue weighted by molar-refractivity contribution is -0.385. The van der Waals surface area contributed by atoms with Crippen molar-refractivity contribution in [3.63, 3.8) is 0 Å². The standard InChI is InChI=1S/C12H13N5O3/c1-8-9(6-13-16(8)3)4-5-11(18)12-10(17(19)20)7-15(2)14-12/h4-7H,1-3H3/b5-4+. The topological polar surface area (TPSA) is 95.8 Å². The third-order valence-corrected chi connectivity index (χ3v) is 2.93. The fourth-order valence-electron chi connectivity index (χ4n) is 1.71. The Morgan fingerprint density at radius 2 is 2.15 bits per heavy atom. The first-order valence-corrected chi connectivity index (χ1v) is 5.79. The third-order valence-electron chi connectivity index (χ3n) is 2.93. The van der Waals surface area contributed by atoms with Crippen LogP contribution in [0.4, 0.5) is 5.69 Å². The minimum absolute atomic E-state index is 0.171. The van der Waals surface area contributed by atoms with E-state index in [1.54, 1.807) is 24.0 Å². The van der Waals surface area contributed by atoms with E-state index in [1.807, 2.05) is 6.92 Å². The molecule has 2 heterocycles. The van der Waals surface area contributed by atoms with E-state index >= 15 is 0 Å². The second kappa shape index (κ2) is 5.08. The number of nitro groups is 1. The highest BCUT2D eigenvalue weighted by Gasteiger charge is 2.23. The van der Waals surface area contributed by atoms with Crippen LogP contribution in [0.1, 0.15) is 21.7 Å². The van der Waals surface area contributed by atoms with Gasteiger partial charge < -0.3 is 0 Å². The average molecular weight is 275 g/mol. The minimum atomic E-state index is -0.622. The predicted octanol–water partition coefficient (Wildman–Crippen LogP) is 1.27. The maximum atomic E-state index is 12.0. The van der Waals surface area contributed by atoms with Crippen LogP contribution >= 0.6 is 0 Å². The van der Waals surface area contributed by atoms with Gasteiger partial charge in [0.1, 0.15) is 6.20 Å². The number of rotatable bonds is 4. The van der Waals surface area contributed by atoms with Crippen LogP contribution in [0, 0.1) is 17.0 Å². The zero-order valence-corrected chi connectivity index (χ0v) is 11.3. The van der Waals surface area contributed by atoms with Crippen molar-refractivity contribution in [2.24, 2.45) is 14.1 Å². The van der Waals surface area contributed by atoms with Gasteiger partial charge in [0.25, 0.3) is 0 Å². The summed E-state index contributed by atoms with van der Waals surface area (Å²) in [6, 6.07) is 0. The number of carbonyl (C=O) groups excluding carboxylic acids is 1. The van der Waals surface area contributed by atoms with Crippen LogP contribution in [0.25, 0.3) is 6.08 Å². The van der Waals surface area contributed by atoms with E-state index in [-0.39, 0.29) is 11.4 Å². The molecule has 8 nitrogen and oxygen atoms in total. The number of aryl methyl sites for hydroxylation is 2. The number of allylic oxidation sites excluding steroid dienone is 1. The fraction of sp³-hybridized carbons (Fsp3) is 0.250. The monoisotopic (exact) mass is 275 g/mol. The van der Waals surface area contributed by atoms with Crippen LogP contribution < -0.4 is 0 Å². The SMILES string of the molecule is Cc1c(/C=C/C(=O)c2nn(C)cc2[N+](=O)[O-])cnn1C. The quantitative estimate of drug-likeness (QED) is 0.362. The summed E-state index contributed by atoms with van der Waals surface area (Å²) >= 11 is 0. The molecule has 0 saturated carbocycles. The van der Waals surface area contributed by atoms with E-state index in [4.69, 9.17) is 0 Å². The molecule has 2 rings (SSSR count). The summed E-state index contributed by atoms with van der Waals surface area (Å²) in [6.45, 7) is 1.86. The van der Waals surface area contributed by atoms with Gasteiger partial charge in [-0.15, -0.1) is 0 Å². The lowest BCUT2D eigenvalue weighted by Crippen LogP contribution is -2.01. The van der Waals surface area contributed by atoms with Crippen molar-refractivity contribution in [1.29, 1.82) is 0 Å². The van der Waals surface area contributed by atoms with Gasteiger partial charge >= 0.3 is 5.69 Å². The second-order valence-electron chi connectivity index (χ2n) is 4.30. The normalized spacial score (nSPS) is 11.2. The van der Waals surface area contributed by atoms with Gasteiger partial charge in [0, 0.05) is 25.4 Å². The van der Waals surface area contributed by atoms with Crippen molar-refractivity contribution in [2.75, 3.05) is 0 Å². The Morgan fingerprint density at radius 1 is 1.45 bits per heavy atom. The van der Waals surface area contributed by atoms with Gasteiger partial charge in [0.05, 0.1) is 11.1 Å². The van der Waals surface area contributed by atoms with E-state index < -0.39 is 10.7 Å². The third kappa shape index (κ3) is 2.48. The van der Waals surface area contributed by atoms with E-state index in [0.717, 1.165) is 11.3 Å². The van der Waals surface area contributed by atoms with Crippen molar-refractivity contribution in [3.05, 3.63) is 45.5 Å². The number of hydrogen-bond acceptors (Lipinski definition) is 5. The summed E-state index contributed by atoms with van der Waals surface area (Å²) in [4.78, 5) is 22.2. The molecule has 0 aliphatic rings. The van der Waals surface area contributed by atoms with Gasteiger partial charge in [0.15, 0.2) is 0 Å². The molecular formula is C12H13N5O3. The summed E-state index contributed by atoms with van der Waals surface area (Å²) < 4.78 is 2.92. The maximum absolute atomic E-state index is 12.0. The summed E-state index contributed by atoms with van der Waals surface area (Å²) in [7, 11) is 3.32. The van der Waals surface area contributed by atoms with Crippen molar-refractivity contribution in [1.82, 2.24) is 19.6 Å². The minimum Gasteiger partial charge on any atom is -0.287 e. The Labute approximate surface area is 114 Å². The summed E-state index contributed by atoms with van der Waals surface area (Å²) in [5, 5.41) is 18.7. The first-order chi connectivity index (χ1) is 9.40. The molecule has 0 N–H and O–H groups in total. The Kier molecular flexibility index (Phi) is 3.47. The van der Waals surface area contributed by atoms with Crippen LogP contribution in [0.5, 0.6) is 0 Å². The fourth-order valence-corrected chi connectivity index (χ4v) is 1.71. The molecule has 104 valence electrons. The van der Waals surface area contributed by atoms with E-state index in [2.05, 4.69) is 10.2 Å². The van der Waals surface area contributed by atoms with Crippen LogP contribution in [0.2, 0.25) is 0 Å². The molecule has 2 aromatic heterocycles. The second-order valence-corrected chi connectivity index (χ2v) is 4.30. The number of ketones is 1. The highest BCUT2D eigenvalue weighted by Crippen LogP contribution is 2.17. The highest BCUT2D eigenvalue weighted by atomic mass is 16.6. The highest BCUT2D eigenvalue weighted by molar-refractivity contribution is 6.08. The Morgan fingerprint density at radius 3 is 2.70 bits per heavy atom. The molecule has 0 amide bonds. The lowest BCUT2D eigenvalue weighted by Gasteiger charge is -1.94. The van der Waals surface area contributed by atoms with Crippen LogP contribution in [0.3, 0.4) is 0 Å². The smallest absolute Gasteiger partial charge is 0.287 e. The van der Waals surface area contributed by atoms with Gasteiger partial charge in [-0.2, -0.15) is 10.2 Å². The van der Waals surface area contributed by atoms with Gasteiger partial charge in [-0.25, -0.2) is 0 Å². The van der Waals surface area contributed by atoms with Crippen molar-refractivity contribution in [3.8, 4) is 0 Å². The molecule has 2 aromatic rings. The number of aromatic nitrogens is 4. The first-order valence-electron chi connectivity index (χ1n) is 5.79. The summed E-state index contributed by atoms with van der Waals surface area (Å²) in [5.74, 6) is -0.513. The van der Waals surface area contributed by atoms with Crippen molar-refractivity contribution < 1.29 is 9.72 Å². The molecule has 8 heteroatoms. The average Bonchev–Trinajstić information content (AvgIpc) is 2.92. The van der Waals surface area contributed by atoms with Crippen molar-refractivity contribution >= 4 is 17.5 Å². The number of nitrogens with zero attached hydrogens (tertiary/aromatic N) is 5. The molecule has 0 fully saturated rings.